The lowest BCUT2D eigenvalue weighted by molar-refractivity contribution is 0.350. The first-order valence-corrected chi connectivity index (χ1v) is 10.0. The van der Waals surface area contributed by atoms with E-state index in [1.807, 2.05) is 33.3 Å². The molecule has 1 aromatic carbocycles. The van der Waals surface area contributed by atoms with Crippen LogP contribution in [0.4, 0.5) is 17.1 Å². The maximum atomic E-state index is 4.59. The molecule has 3 aromatic rings. The van der Waals surface area contributed by atoms with Crippen LogP contribution in [0.15, 0.2) is 42.6 Å². The third-order valence-electron chi connectivity index (χ3n) is 5.45. The SMILES string of the molecule is Cc1nnc(-c2cc(Nc3cccc(N(C)C)c3)ccn2)n1C1CCCCC1. The fourth-order valence-corrected chi connectivity index (χ4v) is 3.98. The second-order valence-electron chi connectivity index (χ2n) is 7.73. The number of nitrogens with zero attached hydrogens (tertiary/aromatic N) is 5. The predicted octanol–water partition coefficient (Wildman–Crippen LogP) is 4.96. The number of anilines is 3. The summed E-state index contributed by atoms with van der Waals surface area (Å²) in [6.45, 7) is 2.04. The molecule has 6 heteroatoms. The summed E-state index contributed by atoms with van der Waals surface area (Å²) in [6, 6.07) is 12.9. The van der Waals surface area contributed by atoms with E-state index in [0.29, 0.717) is 6.04 Å². The Labute approximate surface area is 166 Å². The van der Waals surface area contributed by atoms with E-state index < -0.39 is 0 Å². The molecule has 0 unspecified atom stereocenters. The number of hydrogen-bond acceptors (Lipinski definition) is 5. The molecule has 0 aliphatic heterocycles. The summed E-state index contributed by atoms with van der Waals surface area (Å²) in [5.74, 6) is 1.84. The van der Waals surface area contributed by atoms with Crippen molar-refractivity contribution in [1.29, 1.82) is 0 Å². The van der Waals surface area contributed by atoms with Gasteiger partial charge in [-0.05, 0) is 50.1 Å². The van der Waals surface area contributed by atoms with Gasteiger partial charge in [0.1, 0.15) is 11.5 Å². The molecule has 6 nitrogen and oxygen atoms in total. The topological polar surface area (TPSA) is 58.9 Å². The van der Waals surface area contributed by atoms with Crippen LogP contribution < -0.4 is 10.2 Å². The quantitative estimate of drug-likeness (QED) is 0.682. The lowest BCUT2D eigenvalue weighted by Gasteiger charge is -2.25. The fourth-order valence-electron chi connectivity index (χ4n) is 3.98. The summed E-state index contributed by atoms with van der Waals surface area (Å²) in [4.78, 5) is 6.69. The van der Waals surface area contributed by atoms with Gasteiger partial charge in [0.15, 0.2) is 5.82 Å². The zero-order chi connectivity index (χ0) is 19.5. The minimum absolute atomic E-state index is 0.480. The van der Waals surface area contributed by atoms with E-state index >= 15 is 0 Å². The maximum absolute atomic E-state index is 4.59. The molecular formula is C22H28N6. The summed E-state index contributed by atoms with van der Waals surface area (Å²) in [6.07, 6.45) is 8.11. The summed E-state index contributed by atoms with van der Waals surface area (Å²) in [7, 11) is 4.09. The Morgan fingerprint density at radius 3 is 2.57 bits per heavy atom. The monoisotopic (exact) mass is 376 g/mol. The van der Waals surface area contributed by atoms with Gasteiger partial charge in [0, 0.05) is 43.4 Å². The van der Waals surface area contributed by atoms with Gasteiger partial charge in [-0.2, -0.15) is 0 Å². The summed E-state index contributed by atoms with van der Waals surface area (Å²) >= 11 is 0. The number of pyridine rings is 1. The molecule has 0 amide bonds. The third kappa shape index (κ3) is 3.86. The zero-order valence-corrected chi connectivity index (χ0v) is 16.9. The molecule has 2 aromatic heterocycles. The number of hydrogen-bond donors (Lipinski definition) is 1. The van der Waals surface area contributed by atoms with Crippen molar-refractivity contribution < 1.29 is 0 Å². The van der Waals surface area contributed by atoms with Crippen molar-refractivity contribution >= 4 is 17.1 Å². The smallest absolute Gasteiger partial charge is 0.182 e. The summed E-state index contributed by atoms with van der Waals surface area (Å²) in [5, 5.41) is 12.3. The van der Waals surface area contributed by atoms with Crippen molar-refractivity contribution in [2.75, 3.05) is 24.3 Å². The molecule has 28 heavy (non-hydrogen) atoms. The van der Waals surface area contributed by atoms with Gasteiger partial charge < -0.3 is 14.8 Å². The van der Waals surface area contributed by atoms with Crippen LogP contribution in [0.25, 0.3) is 11.5 Å². The highest BCUT2D eigenvalue weighted by atomic mass is 15.3. The minimum Gasteiger partial charge on any atom is -0.378 e. The molecule has 1 fully saturated rings. The molecule has 0 spiro atoms. The molecule has 2 heterocycles. The average molecular weight is 377 g/mol. The van der Waals surface area contributed by atoms with Gasteiger partial charge in [-0.1, -0.05) is 25.3 Å². The van der Waals surface area contributed by atoms with Crippen LogP contribution in [0.2, 0.25) is 0 Å². The molecule has 146 valence electrons. The first kappa shape index (κ1) is 18.5. The van der Waals surface area contributed by atoms with E-state index in [9.17, 15) is 0 Å². The van der Waals surface area contributed by atoms with E-state index in [1.54, 1.807) is 0 Å². The van der Waals surface area contributed by atoms with Crippen LogP contribution in [0.3, 0.4) is 0 Å². The van der Waals surface area contributed by atoms with E-state index in [4.69, 9.17) is 0 Å². The second-order valence-corrected chi connectivity index (χ2v) is 7.73. The fraction of sp³-hybridized carbons (Fsp3) is 0.409. The van der Waals surface area contributed by atoms with Gasteiger partial charge >= 0.3 is 0 Å². The van der Waals surface area contributed by atoms with Gasteiger partial charge in [-0.15, -0.1) is 10.2 Å². The Hall–Kier alpha value is -2.89. The Morgan fingerprint density at radius 1 is 1.00 bits per heavy atom. The van der Waals surface area contributed by atoms with Crippen LogP contribution in [-0.2, 0) is 0 Å². The minimum atomic E-state index is 0.480. The molecule has 0 atom stereocenters. The summed E-state index contributed by atoms with van der Waals surface area (Å²) < 4.78 is 2.29. The average Bonchev–Trinajstić information content (AvgIpc) is 3.10. The van der Waals surface area contributed by atoms with Gasteiger partial charge in [0.05, 0.1) is 0 Å². The van der Waals surface area contributed by atoms with Crippen LogP contribution in [-0.4, -0.2) is 33.8 Å². The molecule has 1 N–H and O–H groups in total. The molecule has 1 aliphatic carbocycles. The normalized spacial score (nSPS) is 14.8. The molecule has 1 saturated carbocycles. The number of benzene rings is 1. The van der Waals surface area contributed by atoms with Crippen LogP contribution in [0.5, 0.6) is 0 Å². The van der Waals surface area contributed by atoms with Crippen molar-refractivity contribution in [2.24, 2.45) is 0 Å². The largest absolute Gasteiger partial charge is 0.378 e. The number of nitrogens with one attached hydrogen (secondary N) is 1. The van der Waals surface area contributed by atoms with E-state index in [-0.39, 0.29) is 0 Å². The molecule has 4 rings (SSSR count). The van der Waals surface area contributed by atoms with E-state index in [1.165, 1.54) is 32.1 Å². The maximum Gasteiger partial charge on any atom is 0.182 e. The molecule has 0 radical (unpaired) electrons. The Morgan fingerprint density at radius 2 is 1.79 bits per heavy atom. The predicted molar refractivity (Wildman–Crippen MR) is 114 cm³/mol. The van der Waals surface area contributed by atoms with Crippen LogP contribution in [0.1, 0.15) is 44.0 Å². The second kappa shape index (κ2) is 8.00. The summed E-state index contributed by atoms with van der Waals surface area (Å²) in [5.41, 5.74) is 4.07. The zero-order valence-electron chi connectivity index (χ0n) is 16.9. The van der Waals surface area contributed by atoms with Crippen LogP contribution >= 0.6 is 0 Å². The molecule has 0 bridgehead atoms. The van der Waals surface area contributed by atoms with E-state index in [0.717, 1.165) is 34.4 Å². The van der Waals surface area contributed by atoms with Crippen molar-refractivity contribution in [1.82, 2.24) is 19.7 Å². The Balaban J connectivity index is 1.62. The highest BCUT2D eigenvalue weighted by Crippen LogP contribution is 2.33. The standard InChI is InChI=1S/C22H28N6/c1-16-25-26-22(28(16)19-9-5-4-6-10-19)21-15-18(12-13-23-21)24-17-8-7-11-20(14-17)27(2)3/h7-8,11-15,19H,4-6,9-10H2,1-3H3,(H,23,24). The van der Waals surface area contributed by atoms with Gasteiger partial charge in [0.25, 0.3) is 0 Å². The lowest BCUT2D eigenvalue weighted by atomic mass is 9.95. The number of rotatable bonds is 5. The van der Waals surface area contributed by atoms with Crippen molar-refractivity contribution in [2.45, 2.75) is 45.1 Å². The first-order chi connectivity index (χ1) is 13.6. The third-order valence-corrected chi connectivity index (χ3v) is 5.45. The molecule has 0 saturated heterocycles. The number of aromatic nitrogens is 4. The van der Waals surface area contributed by atoms with Crippen molar-refractivity contribution in [3.05, 3.63) is 48.4 Å². The first-order valence-electron chi connectivity index (χ1n) is 10.0. The highest BCUT2D eigenvalue weighted by molar-refractivity contribution is 5.67. The Bertz CT molecular complexity index is 940. The van der Waals surface area contributed by atoms with Crippen molar-refractivity contribution in [3.63, 3.8) is 0 Å². The molecule has 1 aliphatic rings. The van der Waals surface area contributed by atoms with Gasteiger partial charge in [-0.25, -0.2) is 0 Å². The molecular weight excluding hydrogens is 348 g/mol. The Kier molecular flexibility index (Phi) is 5.28. The van der Waals surface area contributed by atoms with Crippen LogP contribution in [0, 0.1) is 6.92 Å². The van der Waals surface area contributed by atoms with Gasteiger partial charge in [-0.3, -0.25) is 4.98 Å². The highest BCUT2D eigenvalue weighted by Gasteiger charge is 2.22. The number of aryl methyl sites for hydroxylation is 1. The lowest BCUT2D eigenvalue weighted by Crippen LogP contribution is -2.15. The van der Waals surface area contributed by atoms with Gasteiger partial charge in [0.2, 0.25) is 0 Å². The van der Waals surface area contributed by atoms with E-state index in [2.05, 4.69) is 60.3 Å². The van der Waals surface area contributed by atoms with Crippen molar-refractivity contribution in [3.8, 4) is 11.5 Å².